The minimum Gasteiger partial charge on any atom is -0.506 e. The van der Waals surface area contributed by atoms with Crippen molar-refractivity contribution in [3.05, 3.63) is 35.9 Å². The highest BCUT2D eigenvalue weighted by molar-refractivity contribution is 6.51. The maximum atomic E-state index is 12.8. The highest BCUT2D eigenvalue weighted by atomic mass is 19.3. The zero-order chi connectivity index (χ0) is 38.4. The van der Waals surface area contributed by atoms with Gasteiger partial charge >= 0.3 is 31.1 Å². The first-order valence-corrected chi connectivity index (χ1v) is 16.4. The largest absolute Gasteiger partial charge is 0.552 e. The molecule has 0 saturated carbocycles. The Hall–Kier alpha value is -4.74. The molecule has 3 saturated heterocycles. The van der Waals surface area contributed by atoms with Gasteiger partial charge in [-0.2, -0.15) is 5.26 Å². The number of rotatable bonds is 11. The van der Waals surface area contributed by atoms with Gasteiger partial charge in [-0.05, 0) is 52.0 Å². The number of benzene rings is 1. The molecule has 14 nitrogen and oxygen atoms in total. The minimum absolute atomic E-state index is 0.0181. The number of nitrogens with one attached hydrogen (secondary N) is 1. The lowest BCUT2D eigenvalue weighted by molar-refractivity contribution is -0.157. The number of carboxylic acid groups (broad SMARTS) is 2. The Bertz CT molecular complexity index is 1420. The first kappa shape index (κ1) is 42.4. The number of hydrogen-bond acceptors (Lipinski definition) is 10. The molecule has 0 bridgehead atoms. The number of nitriles is 1. The number of carboxylic acids is 2. The van der Waals surface area contributed by atoms with Crippen LogP contribution in [0.15, 0.2) is 30.3 Å². The van der Waals surface area contributed by atoms with Crippen molar-refractivity contribution in [3.8, 4) is 18.9 Å². The van der Waals surface area contributed by atoms with Crippen LogP contribution in [-0.2, 0) is 39.6 Å². The van der Waals surface area contributed by atoms with Crippen molar-refractivity contribution in [2.75, 3.05) is 26.2 Å². The van der Waals surface area contributed by atoms with Crippen LogP contribution in [0.1, 0.15) is 71.3 Å². The van der Waals surface area contributed by atoms with Gasteiger partial charge < -0.3 is 34.5 Å². The van der Waals surface area contributed by atoms with Gasteiger partial charge in [0, 0.05) is 25.0 Å². The molecule has 17 heteroatoms. The smallest absolute Gasteiger partial charge is 0.506 e. The van der Waals surface area contributed by atoms with Crippen molar-refractivity contribution in [3.63, 3.8) is 0 Å². The van der Waals surface area contributed by atoms with E-state index in [0.717, 1.165) is 12.8 Å². The number of ether oxygens (including phenoxy) is 1. The molecule has 278 valence electrons. The number of alkyl carbamates (subject to hydrolysis) is 1. The maximum Gasteiger partial charge on any atom is 0.552 e. The van der Waals surface area contributed by atoms with E-state index in [1.807, 2.05) is 31.7 Å². The van der Waals surface area contributed by atoms with E-state index in [0.29, 0.717) is 25.1 Å². The van der Waals surface area contributed by atoms with Crippen LogP contribution in [0.4, 0.5) is 13.6 Å². The third kappa shape index (κ3) is 13.2. The second-order valence-corrected chi connectivity index (χ2v) is 13.3. The number of alkyl halides is 2. The first-order chi connectivity index (χ1) is 23.9. The molecule has 3 aliphatic heterocycles. The second kappa shape index (κ2) is 19.0. The van der Waals surface area contributed by atoms with Crippen LogP contribution in [0.3, 0.4) is 0 Å². The number of amides is 2. The molecule has 4 rings (SSSR count). The van der Waals surface area contributed by atoms with Crippen molar-refractivity contribution in [2.45, 2.75) is 101 Å². The van der Waals surface area contributed by atoms with Gasteiger partial charge in [-0.1, -0.05) is 30.3 Å². The highest BCUT2D eigenvalue weighted by Gasteiger charge is 2.58. The molecule has 1 aromatic carbocycles. The molecular weight excluding hydrogens is 673 g/mol. The average molecular weight is 719 g/mol. The van der Waals surface area contributed by atoms with Gasteiger partial charge in [-0.15, -0.1) is 12.8 Å². The summed E-state index contributed by atoms with van der Waals surface area (Å²) < 4.78 is 41.6. The number of hydrogen-bond donors (Lipinski definition) is 3. The number of piperidine rings is 1. The molecule has 0 spiro atoms. The lowest BCUT2D eigenvalue weighted by Crippen LogP contribution is -2.51. The summed E-state index contributed by atoms with van der Waals surface area (Å²) in [5.74, 6) is -7.93. The van der Waals surface area contributed by atoms with E-state index < -0.39 is 67.5 Å². The molecule has 3 aliphatic rings. The molecule has 0 aromatic heterocycles. The normalized spacial score (nSPS) is 19.9. The van der Waals surface area contributed by atoms with Gasteiger partial charge in [0.1, 0.15) is 13.0 Å². The first-order valence-electron chi connectivity index (χ1n) is 16.4. The van der Waals surface area contributed by atoms with Gasteiger partial charge in [0.25, 0.3) is 5.92 Å². The summed E-state index contributed by atoms with van der Waals surface area (Å²) in [6.45, 7) is 6.67. The van der Waals surface area contributed by atoms with E-state index in [2.05, 4.69) is 18.2 Å². The number of carbonyl (C=O) groups is 5. The lowest BCUT2D eigenvalue weighted by Gasteiger charge is -2.35. The van der Waals surface area contributed by atoms with Crippen LogP contribution < -0.4 is 5.32 Å². The Balaban J connectivity index is 0.000000585. The summed E-state index contributed by atoms with van der Waals surface area (Å²) in [6, 6.07) is 10.2. The molecule has 2 atom stereocenters. The number of nitrogens with zero attached hydrogens (tertiary/aromatic N) is 3. The molecule has 3 heterocycles. The van der Waals surface area contributed by atoms with Crippen LogP contribution >= 0.6 is 0 Å². The molecule has 2 amide bonds. The number of halogens is 2. The molecule has 1 aromatic rings. The van der Waals surface area contributed by atoms with E-state index >= 15 is 0 Å². The van der Waals surface area contributed by atoms with Gasteiger partial charge in [-0.3, -0.25) is 24.1 Å². The number of terminal acetylenes is 1. The van der Waals surface area contributed by atoms with Crippen LogP contribution in [0.5, 0.6) is 0 Å². The van der Waals surface area contributed by atoms with Gasteiger partial charge in [0.2, 0.25) is 5.91 Å². The fraction of sp³-hybridized carbons (Fsp3) is 0.588. The second-order valence-electron chi connectivity index (χ2n) is 13.3. The summed E-state index contributed by atoms with van der Waals surface area (Å²) >= 11 is 0. The van der Waals surface area contributed by atoms with Gasteiger partial charge in [0.05, 0.1) is 37.4 Å². The van der Waals surface area contributed by atoms with Crippen molar-refractivity contribution >= 4 is 37.0 Å². The standard InChI is InChI=1S/C24H28BN3O10.C8H15F2N.C2H2/c26-10-9-19(29)28-11-5-4-8-17(28)15-36-23(35)27-18(12-16-6-2-1-3-7-16)25-37-22(34)24(38-25,13-20(30)31)14-21(32)33;1-7(2,3)11-5-4-8(9,10)6-11;1-2/h1-3,6-7,17-18H,4-5,8-9,11-15H2,(H,27,35)(H,30,31)(H,32,33);4-6H2,1-3H3;1-2H. The predicted octanol–water partition coefficient (Wildman–Crippen LogP) is 3.28. The quantitative estimate of drug-likeness (QED) is 0.224. The van der Waals surface area contributed by atoms with Crippen molar-refractivity contribution in [1.29, 1.82) is 5.26 Å². The van der Waals surface area contributed by atoms with Crippen LogP contribution in [-0.4, -0.2) is 112 Å². The minimum atomic E-state index is -2.45. The highest BCUT2D eigenvalue weighted by Crippen LogP contribution is 2.33. The van der Waals surface area contributed by atoms with Crippen LogP contribution in [0.25, 0.3) is 0 Å². The van der Waals surface area contributed by atoms with Crippen molar-refractivity contribution in [2.24, 2.45) is 0 Å². The summed E-state index contributed by atoms with van der Waals surface area (Å²) in [5, 5.41) is 29.9. The summed E-state index contributed by atoms with van der Waals surface area (Å²) in [7, 11) is -1.49. The molecule has 0 radical (unpaired) electrons. The number of carbonyl (C=O) groups excluding carboxylic acids is 3. The Labute approximate surface area is 296 Å². The topological polar surface area (TPSA) is 196 Å². The summed E-state index contributed by atoms with van der Waals surface area (Å²) in [5.41, 5.74) is -1.65. The molecule has 3 fully saturated rings. The zero-order valence-electron chi connectivity index (χ0n) is 29.0. The fourth-order valence-electron chi connectivity index (χ4n) is 5.88. The lowest BCUT2D eigenvalue weighted by atomic mass is 9.75. The van der Waals surface area contributed by atoms with Crippen LogP contribution in [0.2, 0.25) is 0 Å². The molecule has 3 N–H and O–H groups in total. The van der Waals surface area contributed by atoms with Crippen LogP contribution in [0, 0.1) is 24.2 Å². The van der Waals surface area contributed by atoms with Gasteiger partial charge in [-0.25, -0.2) is 13.6 Å². The molecular formula is C34H45BF2N4O10. The third-order valence-corrected chi connectivity index (χ3v) is 8.44. The summed E-state index contributed by atoms with van der Waals surface area (Å²) in [6.07, 6.45) is 7.23. The van der Waals surface area contributed by atoms with Gasteiger partial charge in [0.15, 0.2) is 5.60 Å². The monoisotopic (exact) mass is 718 g/mol. The number of aliphatic carboxylic acids is 2. The fourth-order valence-corrected chi connectivity index (χ4v) is 5.88. The van der Waals surface area contributed by atoms with E-state index in [1.165, 1.54) is 4.90 Å². The maximum absolute atomic E-state index is 12.8. The Morgan fingerprint density at radius 3 is 2.25 bits per heavy atom. The SMILES string of the molecule is C#C.CC(C)(C)N1CCC(F)(F)C1.N#CCC(=O)N1CCCCC1COC(=O)NC(Cc1ccccc1)B1OC(=O)C(CC(=O)O)(CC(=O)O)O1. The van der Waals surface area contributed by atoms with E-state index in [9.17, 15) is 43.0 Å². The summed E-state index contributed by atoms with van der Waals surface area (Å²) in [4.78, 5) is 63.7. The Kier molecular flexibility index (Phi) is 15.8. The molecule has 0 aliphatic carbocycles. The van der Waals surface area contributed by atoms with E-state index in [4.69, 9.17) is 19.3 Å². The Morgan fingerprint density at radius 1 is 1.12 bits per heavy atom. The van der Waals surface area contributed by atoms with Crippen molar-refractivity contribution < 1.29 is 57.0 Å². The zero-order valence-corrected chi connectivity index (χ0v) is 29.0. The Morgan fingerprint density at radius 2 is 1.75 bits per heavy atom. The average Bonchev–Trinajstić information content (AvgIpc) is 3.59. The number of likely N-dealkylation sites (tertiary alicyclic amines) is 2. The van der Waals surface area contributed by atoms with E-state index in [1.54, 1.807) is 30.3 Å². The van der Waals surface area contributed by atoms with E-state index in [-0.39, 0.29) is 43.9 Å². The molecule has 51 heavy (non-hydrogen) atoms. The van der Waals surface area contributed by atoms with Crippen molar-refractivity contribution in [1.82, 2.24) is 15.1 Å². The predicted molar refractivity (Wildman–Crippen MR) is 179 cm³/mol. The molecule has 2 unspecified atom stereocenters. The third-order valence-electron chi connectivity index (χ3n) is 8.44.